The van der Waals surface area contributed by atoms with Crippen LogP contribution in [0.3, 0.4) is 0 Å². The maximum atomic E-state index is 13.4. The summed E-state index contributed by atoms with van der Waals surface area (Å²) < 4.78 is 35.3. The molecule has 0 spiro atoms. The molecule has 3 atom stereocenters. The van der Waals surface area contributed by atoms with Gasteiger partial charge in [-0.3, -0.25) is 4.90 Å². The van der Waals surface area contributed by atoms with Crippen molar-refractivity contribution in [3.05, 3.63) is 47.2 Å². The number of nitrogen functional groups attached to an aromatic ring is 1. The summed E-state index contributed by atoms with van der Waals surface area (Å²) in [4.78, 5) is 26.9. The van der Waals surface area contributed by atoms with Gasteiger partial charge in [0.25, 0.3) is 10.0 Å². The van der Waals surface area contributed by atoms with Crippen molar-refractivity contribution in [3.63, 3.8) is 0 Å². The summed E-state index contributed by atoms with van der Waals surface area (Å²) in [6, 6.07) is 6.69. The van der Waals surface area contributed by atoms with Crippen LogP contribution in [0.4, 0.5) is 16.4 Å². The molecule has 3 aliphatic heterocycles. The zero-order valence-corrected chi connectivity index (χ0v) is 29.1. The van der Waals surface area contributed by atoms with Gasteiger partial charge in [-0.2, -0.15) is 0 Å². The summed E-state index contributed by atoms with van der Waals surface area (Å²) in [5, 5.41) is -0.118. The zero-order valence-electron chi connectivity index (χ0n) is 28.3. The Labute approximate surface area is 268 Å². The van der Waals surface area contributed by atoms with Crippen LogP contribution in [0, 0.1) is 5.92 Å². The van der Waals surface area contributed by atoms with E-state index >= 15 is 0 Å². The Kier molecular flexibility index (Phi) is 8.53. The number of anilines is 2. The van der Waals surface area contributed by atoms with E-state index in [4.69, 9.17) is 15.5 Å². The first kappa shape index (κ1) is 33.2. The smallest absolute Gasteiger partial charge is 0.411 e. The molecule has 2 aromatic heterocycles. The van der Waals surface area contributed by atoms with Gasteiger partial charge in [-0.25, -0.2) is 27.9 Å². The van der Waals surface area contributed by atoms with Gasteiger partial charge in [0, 0.05) is 41.2 Å². The SMILES string of the molecule is CC1CN(c2nc(C(C)(C)C)c(C3=CC4CCC(C3)N4C(=O)OC(C)(C)C)cc2CNS(=O)(=O)c2cccc(N)n2)C(C)(C)C1. The standard InChI is InChI=1S/C34H50N6O4S/c1-21-18-34(8,9)39(20-21)30-23(19-36-45(42,43)28-12-10-11-27(35)37-28)17-26(29(38-30)32(2,3)4)22-15-24-13-14-25(16-22)40(24)31(41)44-33(5,6)7/h10-12,15,17,21,24-25,36H,13-14,16,18-20H2,1-9H3,(H2,35,37). The summed E-state index contributed by atoms with van der Waals surface area (Å²) in [7, 11) is -3.94. The van der Waals surface area contributed by atoms with Gasteiger partial charge in [0.2, 0.25) is 0 Å². The molecule has 0 radical (unpaired) electrons. The van der Waals surface area contributed by atoms with Crippen LogP contribution in [-0.4, -0.2) is 59.1 Å². The molecule has 1 amide bonds. The van der Waals surface area contributed by atoms with E-state index in [1.807, 2.05) is 25.7 Å². The molecule has 45 heavy (non-hydrogen) atoms. The van der Waals surface area contributed by atoms with Gasteiger partial charge >= 0.3 is 6.09 Å². The summed E-state index contributed by atoms with van der Waals surface area (Å²) >= 11 is 0. The van der Waals surface area contributed by atoms with Gasteiger partial charge in [-0.1, -0.05) is 39.8 Å². The number of sulfonamides is 1. The first-order valence-electron chi connectivity index (χ1n) is 16.0. The highest BCUT2D eigenvalue weighted by Crippen LogP contribution is 2.44. The molecule has 5 heterocycles. The minimum Gasteiger partial charge on any atom is -0.444 e. The molecule has 0 saturated carbocycles. The lowest BCUT2D eigenvalue weighted by atomic mass is 9.83. The highest BCUT2D eigenvalue weighted by atomic mass is 32.2. The van der Waals surface area contributed by atoms with Crippen molar-refractivity contribution in [3.8, 4) is 0 Å². The van der Waals surface area contributed by atoms with Crippen molar-refractivity contribution in [2.45, 2.75) is 128 Å². The number of ether oxygens (including phenoxy) is 1. The second kappa shape index (κ2) is 11.6. The summed E-state index contributed by atoms with van der Waals surface area (Å²) in [5.41, 5.74) is 8.71. The Balaban J connectivity index is 1.59. The minimum absolute atomic E-state index is 0.0345. The minimum atomic E-state index is -3.94. The van der Waals surface area contributed by atoms with E-state index in [1.54, 1.807) is 12.1 Å². The fraction of sp³-hybridized carbons (Fsp3) is 0.618. The number of fused-ring (bicyclic) bond motifs is 2. The maximum Gasteiger partial charge on any atom is 0.411 e. The molecule has 2 fully saturated rings. The first-order chi connectivity index (χ1) is 20.7. The number of nitrogens with zero attached hydrogens (tertiary/aromatic N) is 4. The number of carbonyl (C=O) groups is 1. The lowest BCUT2D eigenvalue weighted by Crippen LogP contribution is -2.45. The van der Waals surface area contributed by atoms with E-state index in [9.17, 15) is 13.2 Å². The fourth-order valence-electron chi connectivity index (χ4n) is 7.14. The van der Waals surface area contributed by atoms with Crippen LogP contribution < -0.4 is 15.4 Å². The van der Waals surface area contributed by atoms with Crippen molar-refractivity contribution in [1.82, 2.24) is 19.6 Å². The van der Waals surface area contributed by atoms with Crippen molar-refractivity contribution in [2.75, 3.05) is 17.2 Å². The third-order valence-corrected chi connectivity index (χ3v) is 10.2. The molecule has 2 bridgehead atoms. The second-order valence-electron chi connectivity index (χ2n) is 15.7. The van der Waals surface area contributed by atoms with E-state index in [2.05, 4.69) is 68.3 Å². The number of rotatable bonds is 6. The molecule has 10 nitrogen and oxygen atoms in total. The van der Waals surface area contributed by atoms with Gasteiger partial charge in [-0.05, 0) is 90.0 Å². The quantitative estimate of drug-likeness (QED) is 0.393. The average molecular weight is 639 g/mol. The normalized spacial score (nSPS) is 23.3. The zero-order chi connectivity index (χ0) is 33.1. The predicted octanol–water partition coefficient (Wildman–Crippen LogP) is 6.01. The Morgan fingerprint density at radius 1 is 1.13 bits per heavy atom. The summed E-state index contributed by atoms with van der Waals surface area (Å²) in [6.45, 7) is 19.7. The Morgan fingerprint density at radius 3 is 2.42 bits per heavy atom. The molecule has 246 valence electrons. The molecule has 0 aromatic carbocycles. The molecular weight excluding hydrogens is 588 g/mol. The molecule has 2 aromatic rings. The highest BCUT2D eigenvalue weighted by molar-refractivity contribution is 7.89. The second-order valence-corrected chi connectivity index (χ2v) is 17.4. The van der Waals surface area contributed by atoms with E-state index in [1.165, 1.54) is 6.07 Å². The topological polar surface area (TPSA) is 131 Å². The number of aromatic nitrogens is 2. The van der Waals surface area contributed by atoms with Gasteiger partial charge < -0.3 is 15.4 Å². The highest BCUT2D eigenvalue weighted by Gasteiger charge is 2.43. The van der Waals surface area contributed by atoms with Crippen LogP contribution in [0.5, 0.6) is 0 Å². The fourth-order valence-corrected chi connectivity index (χ4v) is 8.12. The van der Waals surface area contributed by atoms with Crippen molar-refractivity contribution in [1.29, 1.82) is 0 Å². The van der Waals surface area contributed by atoms with Crippen molar-refractivity contribution in [2.24, 2.45) is 5.92 Å². The molecule has 3 unspecified atom stereocenters. The predicted molar refractivity (Wildman–Crippen MR) is 178 cm³/mol. The van der Waals surface area contributed by atoms with E-state index in [-0.39, 0.29) is 46.5 Å². The van der Waals surface area contributed by atoms with Crippen molar-refractivity contribution < 1.29 is 17.9 Å². The molecular formula is C34H50N6O4S. The number of amides is 1. The number of hydrogen-bond donors (Lipinski definition) is 2. The van der Waals surface area contributed by atoms with E-state index < -0.39 is 15.6 Å². The Morgan fingerprint density at radius 2 is 1.84 bits per heavy atom. The molecule has 5 rings (SSSR count). The molecule has 11 heteroatoms. The lowest BCUT2D eigenvalue weighted by molar-refractivity contribution is 0.0175. The van der Waals surface area contributed by atoms with E-state index in [0.29, 0.717) is 12.3 Å². The molecule has 0 aliphatic carbocycles. The summed E-state index contributed by atoms with van der Waals surface area (Å²) in [6.07, 6.45) is 5.40. The van der Waals surface area contributed by atoms with Gasteiger partial charge in [-0.15, -0.1) is 0 Å². The maximum absolute atomic E-state index is 13.4. The Hall–Kier alpha value is -3.18. The molecule has 2 saturated heterocycles. The largest absolute Gasteiger partial charge is 0.444 e. The lowest BCUT2D eigenvalue weighted by Gasteiger charge is -2.38. The number of pyridine rings is 2. The third kappa shape index (κ3) is 6.99. The van der Waals surface area contributed by atoms with Crippen LogP contribution in [-0.2, 0) is 26.7 Å². The first-order valence-corrected chi connectivity index (χ1v) is 17.5. The van der Waals surface area contributed by atoms with Gasteiger partial charge in [0.1, 0.15) is 17.2 Å². The van der Waals surface area contributed by atoms with Crippen LogP contribution in [0.1, 0.15) is 105 Å². The monoisotopic (exact) mass is 638 g/mol. The third-order valence-electron chi connectivity index (χ3n) is 8.94. The van der Waals surface area contributed by atoms with Crippen LogP contribution >= 0.6 is 0 Å². The summed E-state index contributed by atoms with van der Waals surface area (Å²) in [5.74, 6) is 1.41. The van der Waals surface area contributed by atoms with Crippen LogP contribution in [0.15, 0.2) is 35.4 Å². The number of hydrogen-bond acceptors (Lipinski definition) is 8. The average Bonchev–Trinajstić information content (AvgIpc) is 3.34. The van der Waals surface area contributed by atoms with E-state index in [0.717, 1.165) is 54.0 Å². The number of nitrogens with one attached hydrogen (secondary N) is 1. The van der Waals surface area contributed by atoms with Crippen molar-refractivity contribution >= 4 is 33.3 Å². The van der Waals surface area contributed by atoms with Crippen LogP contribution in [0.25, 0.3) is 5.57 Å². The number of carbonyl (C=O) groups excluding carboxylic acids is 1. The van der Waals surface area contributed by atoms with Gasteiger partial charge in [0.15, 0.2) is 5.03 Å². The van der Waals surface area contributed by atoms with Crippen LogP contribution in [0.2, 0.25) is 0 Å². The van der Waals surface area contributed by atoms with Gasteiger partial charge in [0.05, 0.1) is 11.7 Å². The molecule has 3 aliphatic rings. The molecule has 3 N–H and O–H groups in total. The number of nitrogens with two attached hydrogens (primary N) is 1. The Bertz CT molecular complexity index is 1610.